The van der Waals surface area contributed by atoms with Crippen LogP contribution in [0.5, 0.6) is 0 Å². The van der Waals surface area contributed by atoms with Crippen LogP contribution in [0.15, 0.2) is 24.3 Å². The number of rotatable bonds is 5. The first-order chi connectivity index (χ1) is 11.9. The van der Waals surface area contributed by atoms with Gasteiger partial charge in [0.2, 0.25) is 5.91 Å². The first-order valence-electron chi connectivity index (χ1n) is 9.67. The summed E-state index contributed by atoms with van der Waals surface area (Å²) in [6.45, 7) is 2.40. The number of aryl methyl sites for hydroxylation is 1. The third-order valence-corrected chi connectivity index (χ3v) is 6.97. The number of carbonyl (C=O) groups excluding carboxylic acids is 1. The first-order valence-corrected chi connectivity index (χ1v) is 9.67. The van der Waals surface area contributed by atoms with E-state index in [0.717, 1.165) is 19.3 Å². The van der Waals surface area contributed by atoms with E-state index in [4.69, 9.17) is 10.8 Å². The smallest absolute Gasteiger partial charge is 0.226 e. The highest BCUT2D eigenvalue weighted by molar-refractivity contribution is 5.83. The first kappa shape index (κ1) is 17.0. The summed E-state index contributed by atoms with van der Waals surface area (Å²) in [6, 6.07) is 8.62. The van der Waals surface area contributed by atoms with Crippen molar-refractivity contribution in [3.05, 3.63) is 35.4 Å². The number of aliphatic hydroxyl groups excluding tert-OH is 1. The van der Waals surface area contributed by atoms with Gasteiger partial charge < -0.3 is 16.2 Å². The summed E-state index contributed by atoms with van der Waals surface area (Å²) in [7, 11) is 0. The molecule has 0 heterocycles. The Morgan fingerprint density at radius 3 is 2.48 bits per heavy atom. The third kappa shape index (κ3) is 2.89. The number of benzene rings is 1. The van der Waals surface area contributed by atoms with Gasteiger partial charge in [0.05, 0.1) is 12.0 Å². The molecule has 4 N–H and O–H groups in total. The maximum absolute atomic E-state index is 13.1. The Labute approximate surface area is 150 Å². The lowest BCUT2D eigenvalue weighted by Crippen LogP contribution is -2.59. The molecule has 25 heavy (non-hydrogen) atoms. The Kier molecular flexibility index (Phi) is 4.16. The van der Waals surface area contributed by atoms with Gasteiger partial charge in [-0.15, -0.1) is 0 Å². The van der Waals surface area contributed by atoms with Crippen molar-refractivity contribution in [2.75, 3.05) is 13.2 Å². The highest BCUT2D eigenvalue weighted by atomic mass is 16.3. The molecule has 4 bridgehead atoms. The molecule has 4 aliphatic rings. The molecule has 4 heteroatoms. The van der Waals surface area contributed by atoms with E-state index in [1.807, 2.05) is 0 Å². The van der Waals surface area contributed by atoms with Crippen molar-refractivity contribution < 1.29 is 9.90 Å². The van der Waals surface area contributed by atoms with E-state index >= 15 is 0 Å². The third-order valence-electron chi connectivity index (χ3n) is 6.97. The van der Waals surface area contributed by atoms with Gasteiger partial charge in [-0.1, -0.05) is 29.8 Å². The lowest BCUT2D eigenvalue weighted by molar-refractivity contribution is -0.149. The van der Waals surface area contributed by atoms with Crippen LogP contribution < -0.4 is 11.1 Å². The van der Waals surface area contributed by atoms with Crippen LogP contribution in [-0.4, -0.2) is 30.2 Å². The minimum Gasteiger partial charge on any atom is -0.395 e. The summed E-state index contributed by atoms with van der Waals surface area (Å²) in [5.74, 6) is 1.50. The monoisotopic (exact) mass is 342 g/mol. The fourth-order valence-electron chi connectivity index (χ4n) is 6.25. The second-order valence-electron chi connectivity index (χ2n) is 9.04. The van der Waals surface area contributed by atoms with Crippen molar-refractivity contribution >= 4 is 5.91 Å². The Hall–Kier alpha value is -1.39. The molecule has 3 atom stereocenters. The SMILES string of the molecule is Cc1ccc(C23CC4CC(CC(C(=O)NCC(N)CO)(C4)C2)C3)cc1. The predicted octanol–water partition coefficient (Wildman–Crippen LogP) is 2.27. The van der Waals surface area contributed by atoms with Crippen molar-refractivity contribution in [1.82, 2.24) is 5.32 Å². The van der Waals surface area contributed by atoms with E-state index in [9.17, 15) is 4.79 Å². The molecule has 0 saturated heterocycles. The van der Waals surface area contributed by atoms with Gasteiger partial charge in [0.1, 0.15) is 0 Å². The van der Waals surface area contributed by atoms with Gasteiger partial charge >= 0.3 is 0 Å². The molecule has 0 aromatic heterocycles. The minimum atomic E-state index is -0.371. The molecule has 4 aliphatic carbocycles. The summed E-state index contributed by atoms with van der Waals surface area (Å²) >= 11 is 0. The minimum absolute atomic E-state index is 0.0914. The van der Waals surface area contributed by atoms with Gasteiger partial charge in [-0.05, 0) is 68.3 Å². The maximum Gasteiger partial charge on any atom is 0.226 e. The quantitative estimate of drug-likeness (QED) is 0.768. The number of amides is 1. The fraction of sp³-hybridized carbons (Fsp3) is 0.667. The second-order valence-corrected chi connectivity index (χ2v) is 9.04. The van der Waals surface area contributed by atoms with Crippen molar-refractivity contribution in [2.45, 2.75) is 56.9 Å². The van der Waals surface area contributed by atoms with E-state index in [1.165, 1.54) is 30.4 Å². The number of hydrogen-bond donors (Lipinski definition) is 3. The topological polar surface area (TPSA) is 75.4 Å². The summed E-state index contributed by atoms with van der Waals surface area (Å²) in [4.78, 5) is 13.1. The van der Waals surface area contributed by atoms with E-state index in [-0.39, 0.29) is 29.4 Å². The zero-order valence-corrected chi connectivity index (χ0v) is 15.1. The molecule has 4 saturated carbocycles. The Bertz CT molecular complexity index is 640. The van der Waals surface area contributed by atoms with Gasteiger partial charge in [0, 0.05) is 12.6 Å². The van der Waals surface area contributed by atoms with Crippen molar-refractivity contribution in [1.29, 1.82) is 0 Å². The number of nitrogens with two attached hydrogens (primary N) is 1. The molecule has 5 rings (SSSR count). The molecule has 1 amide bonds. The standard InChI is InChI=1S/C21H30N2O2/c1-14-2-4-17(5-3-14)20-7-15-6-16(8-20)10-21(9-15,13-20)19(25)23-11-18(22)12-24/h2-5,15-16,18,24H,6-13,22H2,1H3,(H,23,25). The maximum atomic E-state index is 13.1. The highest BCUT2D eigenvalue weighted by Gasteiger charge is 2.60. The molecule has 4 fully saturated rings. The number of carbonyl (C=O) groups is 1. The van der Waals surface area contributed by atoms with E-state index in [0.29, 0.717) is 18.4 Å². The molecule has 1 aromatic rings. The van der Waals surface area contributed by atoms with Crippen LogP contribution in [0, 0.1) is 24.2 Å². The fourth-order valence-corrected chi connectivity index (χ4v) is 6.25. The number of aliphatic hydroxyl groups is 1. The van der Waals surface area contributed by atoms with Gasteiger partial charge in [-0.2, -0.15) is 0 Å². The molecule has 136 valence electrons. The number of hydrogen-bond acceptors (Lipinski definition) is 3. The summed E-state index contributed by atoms with van der Waals surface area (Å²) in [6.07, 6.45) is 6.78. The van der Waals surface area contributed by atoms with Crippen molar-refractivity contribution in [3.8, 4) is 0 Å². The van der Waals surface area contributed by atoms with Crippen LogP contribution in [0.2, 0.25) is 0 Å². The van der Waals surface area contributed by atoms with E-state index < -0.39 is 0 Å². The highest BCUT2D eigenvalue weighted by Crippen LogP contribution is 2.65. The predicted molar refractivity (Wildman–Crippen MR) is 98.0 cm³/mol. The normalized spacial score (nSPS) is 37.1. The Balaban J connectivity index is 1.60. The van der Waals surface area contributed by atoms with E-state index in [2.05, 4.69) is 36.5 Å². The van der Waals surface area contributed by atoms with Crippen LogP contribution in [-0.2, 0) is 10.2 Å². The van der Waals surface area contributed by atoms with E-state index in [1.54, 1.807) is 0 Å². The Morgan fingerprint density at radius 2 is 1.88 bits per heavy atom. The van der Waals surface area contributed by atoms with Crippen LogP contribution in [0.4, 0.5) is 0 Å². The molecule has 4 nitrogen and oxygen atoms in total. The molecular weight excluding hydrogens is 312 g/mol. The second kappa shape index (κ2) is 6.10. The van der Waals surface area contributed by atoms with Crippen LogP contribution in [0.1, 0.15) is 49.7 Å². The summed E-state index contributed by atoms with van der Waals surface area (Å²) < 4.78 is 0. The molecule has 3 unspecified atom stereocenters. The summed E-state index contributed by atoms with van der Waals surface area (Å²) in [5.41, 5.74) is 8.44. The largest absolute Gasteiger partial charge is 0.395 e. The van der Waals surface area contributed by atoms with Gasteiger partial charge in [0.15, 0.2) is 0 Å². The summed E-state index contributed by atoms with van der Waals surface area (Å²) in [5, 5.41) is 12.2. The van der Waals surface area contributed by atoms with Crippen molar-refractivity contribution in [3.63, 3.8) is 0 Å². The zero-order valence-electron chi connectivity index (χ0n) is 15.1. The number of nitrogens with one attached hydrogen (secondary N) is 1. The van der Waals surface area contributed by atoms with Gasteiger partial charge in [-0.25, -0.2) is 0 Å². The molecule has 0 spiro atoms. The molecule has 0 radical (unpaired) electrons. The van der Waals surface area contributed by atoms with Crippen molar-refractivity contribution in [2.24, 2.45) is 23.0 Å². The molecular formula is C21H30N2O2. The lowest BCUT2D eigenvalue weighted by Gasteiger charge is -2.61. The molecule has 0 aliphatic heterocycles. The van der Waals surface area contributed by atoms with Crippen LogP contribution >= 0.6 is 0 Å². The molecule has 1 aromatic carbocycles. The van der Waals surface area contributed by atoms with Gasteiger partial charge in [-0.3, -0.25) is 4.79 Å². The Morgan fingerprint density at radius 1 is 1.24 bits per heavy atom. The average molecular weight is 342 g/mol. The van der Waals surface area contributed by atoms with Gasteiger partial charge in [0.25, 0.3) is 0 Å². The van der Waals surface area contributed by atoms with Crippen LogP contribution in [0.25, 0.3) is 0 Å². The zero-order chi connectivity index (χ0) is 17.7. The average Bonchev–Trinajstić information content (AvgIpc) is 2.58. The van der Waals surface area contributed by atoms with Crippen LogP contribution in [0.3, 0.4) is 0 Å². The lowest BCUT2D eigenvalue weighted by atomic mass is 9.42.